The van der Waals surface area contributed by atoms with Gasteiger partial charge in [0, 0.05) is 56.2 Å². The van der Waals surface area contributed by atoms with Crippen molar-refractivity contribution in [3.63, 3.8) is 0 Å². The quantitative estimate of drug-likeness (QED) is 0.353. The molecule has 0 saturated heterocycles. The summed E-state index contributed by atoms with van der Waals surface area (Å²) in [6.45, 7) is 1.44. The number of thiophene rings is 1. The minimum absolute atomic E-state index is 0.0472. The summed E-state index contributed by atoms with van der Waals surface area (Å²) < 4.78 is 33.0. The summed E-state index contributed by atoms with van der Waals surface area (Å²) >= 11 is 1.62. The summed E-state index contributed by atoms with van der Waals surface area (Å²) in [4.78, 5) is 11.7. The van der Waals surface area contributed by atoms with E-state index in [9.17, 15) is 13.7 Å². The maximum Gasteiger partial charge on any atom is 0.262 e. The molecule has 186 valence electrons. The van der Waals surface area contributed by atoms with Gasteiger partial charge in [-0.25, -0.2) is 18.4 Å². The van der Waals surface area contributed by atoms with E-state index in [0.29, 0.717) is 38.0 Å². The lowest BCUT2D eigenvalue weighted by Gasteiger charge is -2.40. The number of hydrogen-bond donors (Lipinski definition) is 0. The van der Waals surface area contributed by atoms with Gasteiger partial charge in [-0.15, -0.1) is 11.3 Å². The summed E-state index contributed by atoms with van der Waals surface area (Å²) in [7, 11) is -0.140. The Labute approximate surface area is 214 Å². The zero-order valence-corrected chi connectivity index (χ0v) is 21.8. The molecule has 9 nitrogen and oxygen atoms in total. The van der Waals surface area contributed by atoms with Crippen LogP contribution in [0.5, 0.6) is 0 Å². The first-order chi connectivity index (χ1) is 17.3. The Hall–Kier alpha value is -3.46. The van der Waals surface area contributed by atoms with E-state index in [1.165, 1.54) is 6.33 Å². The zero-order valence-electron chi connectivity index (χ0n) is 20.1. The van der Waals surface area contributed by atoms with Crippen molar-refractivity contribution in [3.05, 3.63) is 82.5 Å². The van der Waals surface area contributed by atoms with Crippen molar-refractivity contribution in [2.75, 3.05) is 18.0 Å². The van der Waals surface area contributed by atoms with E-state index in [2.05, 4.69) is 20.9 Å². The Morgan fingerprint density at radius 1 is 1.25 bits per heavy atom. The number of hydrogen-bond acceptors (Lipinski definition) is 7. The summed E-state index contributed by atoms with van der Waals surface area (Å²) in [5, 5.41) is 11.6. The molecule has 4 heterocycles. The second-order valence-electron chi connectivity index (χ2n) is 9.01. The molecule has 5 rings (SSSR count). The van der Waals surface area contributed by atoms with E-state index in [-0.39, 0.29) is 11.1 Å². The SMILES string of the molecule is Cn1cnc(S(=O)(=O)N(CCc2cccs2)C2Cc3cc(C#N)ccc3N(Cc3cncn3C)C2)c1. The second kappa shape index (κ2) is 9.89. The molecule has 4 aromatic rings. The summed E-state index contributed by atoms with van der Waals surface area (Å²) in [5.74, 6) is 0. The number of aromatic nitrogens is 4. The largest absolute Gasteiger partial charge is 0.364 e. The highest BCUT2D eigenvalue weighted by Crippen LogP contribution is 2.33. The Balaban J connectivity index is 1.53. The van der Waals surface area contributed by atoms with E-state index in [0.717, 1.165) is 21.8 Å². The van der Waals surface area contributed by atoms with Crippen molar-refractivity contribution in [1.29, 1.82) is 5.26 Å². The number of nitriles is 1. The molecule has 0 amide bonds. The lowest BCUT2D eigenvalue weighted by atomic mass is 9.95. The molecule has 0 spiro atoms. The molecule has 0 radical (unpaired) electrons. The summed E-state index contributed by atoms with van der Waals surface area (Å²) in [5.41, 5.74) is 3.56. The maximum absolute atomic E-state index is 13.9. The Kier molecular flexibility index (Phi) is 6.66. The van der Waals surface area contributed by atoms with Crippen LogP contribution in [0, 0.1) is 11.3 Å². The predicted octanol–water partition coefficient (Wildman–Crippen LogP) is 2.95. The second-order valence-corrected chi connectivity index (χ2v) is 11.9. The van der Waals surface area contributed by atoms with Crippen molar-refractivity contribution < 1.29 is 8.42 Å². The molecule has 1 aliphatic heterocycles. The molecular formula is C25H27N7O2S2. The summed E-state index contributed by atoms with van der Waals surface area (Å²) in [6, 6.07) is 11.6. The fourth-order valence-corrected chi connectivity index (χ4v) is 6.97. The number of nitrogens with zero attached hydrogens (tertiary/aromatic N) is 7. The van der Waals surface area contributed by atoms with Gasteiger partial charge in [0.2, 0.25) is 0 Å². The average Bonchev–Trinajstić information content (AvgIpc) is 3.62. The van der Waals surface area contributed by atoms with Gasteiger partial charge in [-0.2, -0.15) is 9.57 Å². The van der Waals surface area contributed by atoms with Crippen molar-refractivity contribution in [1.82, 2.24) is 23.4 Å². The molecule has 0 N–H and O–H groups in total. The van der Waals surface area contributed by atoms with Gasteiger partial charge >= 0.3 is 0 Å². The molecular weight excluding hydrogens is 494 g/mol. The Morgan fingerprint density at radius 3 is 2.78 bits per heavy atom. The number of rotatable bonds is 8. The van der Waals surface area contributed by atoms with Crippen LogP contribution < -0.4 is 4.90 Å². The van der Waals surface area contributed by atoms with E-state index in [1.54, 1.807) is 39.8 Å². The van der Waals surface area contributed by atoms with Gasteiger partial charge in [0.1, 0.15) is 0 Å². The van der Waals surface area contributed by atoms with E-state index >= 15 is 0 Å². The van der Waals surface area contributed by atoms with Crippen LogP contribution in [0.25, 0.3) is 0 Å². The van der Waals surface area contributed by atoms with Gasteiger partial charge in [0.15, 0.2) is 5.03 Å². The van der Waals surface area contributed by atoms with E-state index in [1.807, 2.05) is 53.5 Å². The third kappa shape index (κ3) is 4.80. The highest BCUT2D eigenvalue weighted by Gasteiger charge is 2.37. The van der Waals surface area contributed by atoms with Gasteiger partial charge in [-0.05, 0) is 48.1 Å². The minimum atomic E-state index is -3.85. The lowest BCUT2D eigenvalue weighted by molar-refractivity contribution is 0.310. The van der Waals surface area contributed by atoms with E-state index < -0.39 is 10.0 Å². The molecule has 11 heteroatoms. The molecule has 3 aromatic heterocycles. The lowest BCUT2D eigenvalue weighted by Crippen LogP contribution is -2.51. The zero-order chi connectivity index (χ0) is 25.3. The highest BCUT2D eigenvalue weighted by molar-refractivity contribution is 7.89. The number of aryl methyl sites for hydroxylation is 2. The molecule has 0 fully saturated rings. The molecule has 1 unspecified atom stereocenters. The number of benzene rings is 1. The molecule has 0 aliphatic carbocycles. The normalized spacial score (nSPS) is 15.7. The fraction of sp³-hybridized carbons (Fsp3) is 0.320. The number of sulfonamides is 1. The van der Waals surface area contributed by atoms with E-state index in [4.69, 9.17) is 0 Å². The van der Waals surface area contributed by atoms with Crippen LogP contribution in [0.2, 0.25) is 0 Å². The molecule has 0 bridgehead atoms. The standard InChI is InChI=1S/C25H27N7O2S2/c1-29-16-25(28-18-29)36(33,34)32(8-7-23-4-3-9-35-23)21-11-20-10-19(12-26)5-6-24(20)31(14-21)15-22-13-27-17-30(22)2/h3-6,9-10,13,16-18,21H,7-8,11,14-15H2,1-2H3. The van der Waals surface area contributed by atoms with Crippen LogP contribution in [0.15, 0.2) is 65.8 Å². The number of imidazole rings is 2. The monoisotopic (exact) mass is 521 g/mol. The number of fused-ring (bicyclic) bond motifs is 1. The molecule has 1 atom stereocenters. The molecule has 36 heavy (non-hydrogen) atoms. The van der Waals surface area contributed by atoms with Crippen molar-refractivity contribution in [3.8, 4) is 6.07 Å². The molecule has 1 aliphatic rings. The van der Waals surface area contributed by atoms with Gasteiger partial charge in [-0.3, -0.25) is 0 Å². The molecule has 0 saturated carbocycles. The highest BCUT2D eigenvalue weighted by atomic mass is 32.2. The van der Waals surface area contributed by atoms with Gasteiger partial charge in [0.05, 0.1) is 36.5 Å². The topological polar surface area (TPSA) is 100 Å². The summed E-state index contributed by atoms with van der Waals surface area (Å²) in [6.07, 6.45) is 7.78. The first-order valence-corrected chi connectivity index (χ1v) is 13.9. The van der Waals surface area contributed by atoms with Crippen molar-refractivity contribution >= 4 is 27.0 Å². The van der Waals surface area contributed by atoms with Crippen LogP contribution in [0.4, 0.5) is 5.69 Å². The van der Waals surface area contributed by atoms with Gasteiger partial charge < -0.3 is 14.0 Å². The average molecular weight is 522 g/mol. The maximum atomic E-state index is 13.9. The predicted molar refractivity (Wildman–Crippen MR) is 138 cm³/mol. The third-order valence-corrected chi connectivity index (χ3v) is 9.30. The third-order valence-electron chi connectivity index (χ3n) is 6.53. The minimum Gasteiger partial charge on any atom is -0.364 e. The van der Waals surface area contributed by atoms with Crippen molar-refractivity contribution in [2.45, 2.75) is 30.5 Å². The van der Waals surface area contributed by atoms with Gasteiger partial charge in [0.25, 0.3) is 10.0 Å². The van der Waals surface area contributed by atoms with Crippen LogP contribution in [-0.2, 0) is 43.5 Å². The van der Waals surface area contributed by atoms with Crippen LogP contribution in [-0.4, -0.2) is 51.0 Å². The molecule has 1 aromatic carbocycles. The van der Waals surface area contributed by atoms with Crippen LogP contribution in [0.1, 0.15) is 21.7 Å². The fourth-order valence-electron chi connectivity index (χ4n) is 4.69. The van der Waals surface area contributed by atoms with Crippen LogP contribution in [0.3, 0.4) is 0 Å². The Bertz CT molecular complexity index is 1500. The van der Waals surface area contributed by atoms with Crippen molar-refractivity contribution in [2.24, 2.45) is 14.1 Å². The first kappa shape index (κ1) is 24.2. The smallest absolute Gasteiger partial charge is 0.262 e. The first-order valence-electron chi connectivity index (χ1n) is 11.6. The van der Waals surface area contributed by atoms with Gasteiger partial charge in [-0.1, -0.05) is 6.07 Å². The number of anilines is 1. The van der Waals surface area contributed by atoms with Crippen LogP contribution >= 0.6 is 11.3 Å². The Morgan fingerprint density at radius 2 is 2.11 bits per heavy atom.